The molecule has 0 heterocycles. The van der Waals surface area contributed by atoms with E-state index in [2.05, 4.69) is 6.92 Å². The summed E-state index contributed by atoms with van der Waals surface area (Å²) < 4.78 is 0. The maximum absolute atomic E-state index is 9.94. The molecule has 0 amide bonds. The Balaban J connectivity index is 3.82. The Bertz CT molecular complexity index is 110. The van der Waals surface area contributed by atoms with E-state index < -0.39 is 0 Å². The SMILES string of the molecule is CCC(C)C(C)=C=O. The summed E-state index contributed by atoms with van der Waals surface area (Å²) in [6, 6.07) is 0. The zero-order valence-electron chi connectivity index (χ0n) is 5.69. The summed E-state index contributed by atoms with van der Waals surface area (Å²) in [4.78, 5) is 9.94. The van der Waals surface area contributed by atoms with E-state index in [1.54, 1.807) is 0 Å². The van der Waals surface area contributed by atoms with E-state index in [0.717, 1.165) is 12.0 Å². The number of carbonyl (C=O) groups excluding carboxylic acids is 1. The molecule has 0 aromatic heterocycles. The van der Waals surface area contributed by atoms with Crippen LogP contribution in [0.2, 0.25) is 0 Å². The average Bonchev–Trinajstić information content (AvgIpc) is 1.84. The maximum atomic E-state index is 9.94. The second-order valence-electron chi connectivity index (χ2n) is 2.09. The van der Waals surface area contributed by atoms with Crippen molar-refractivity contribution in [2.75, 3.05) is 0 Å². The van der Waals surface area contributed by atoms with E-state index >= 15 is 0 Å². The van der Waals surface area contributed by atoms with E-state index in [9.17, 15) is 4.79 Å². The molecule has 0 radical (unpaired) electrons. The van der Waals surface area contributed by atoms with Gasteiger partial charge in [0.05, 0.1) is 0 Å². The zero-order valence-corrected chi connectivity index (χ0v) is 5.69. The van der Waals surface area contributed by atoms with E-state index in [1.165, 1.54) is 0 Å². The molecule has 0 spiro atoms. The van der Waals surface area contributed by atoms with E-state index in [0.29, 0.717) is 5.92 Å². The number of rotatable bonds is 2. The number of hydrogen-bond donors (Lipinski definition) is 0. The van der Waals surface area contributed by atoms with Gasteiger partial charge in [-0.05, 0) is 19.3 Å². The van der Waals surface area contributed by atoms with Crippen LogP contribution in [-0.4, -0.2) is 5.94 Å². The van der Waals surface area contributed by atoms with Crippen LogP contribution in [0, 0.1) is 5.92 Å². The highest BCUT2D eigenvalue weighted by molar-refractivity contribution is 5.51. The highest BCUT2D eigenvalue weighted by Crippen LogP contribution is 2.08. The van der Waals surface area contributed by atoms with E-state index in [1.807, 2.05) is 19.8 Å². The molecule has 0 aliphatic rings. The van der Waals surface area contributed by atoms with Crippen LogP contribution in [0.15, 0.2) is 5.57 Å². The predicted octanol–water partition coefficient (Wildman–Crippen LogP) is 1.81. The molecular weight excluding hydrogens is 100 g/mol. The van der Waals surface area contributed by atoms with E-state index in [-0.39, 0.29) is 0 Å². The van der Waals surface area contributed by atoms with Gasteiger partial charge in [0, 0.05) is 5.57 Å². The summed E-state index contributed by atoms with van der Waals surface area (Å²) >= 11 is 0. The van der Waals surface area contributed by atoms with Crippen LogP contribution in [0.5, 0.6) is 0 Å². The molecule has 1 heteroatoms. The fourth-order valence-corrected chi connectivity index (χ4v) is 0.407. The minimum Gasteiger partial charge on any atom is -0.234 e. The van der Waals surface area contributed by atoms with Crippen LogP contribution in [0.3, 0.4) is 0 Å². The first-order valence-electron chi connectivity index (χ1n) is 2.94. The molecule has 1 unspecified atom stereocenters. The van der Waals surface area contributed by atoms with Crippen molar-refractivity contribution < 1.29 is 4.79 Å². The summed E-state index contributed by atoms with van der Waals surface area (Å²) in [5.41, 5.74) is 0.826. The molecule has 0 saturated carbocycles. The Morgan fingerprint density at radius 3 is 2.38 bits per heavy atom. The fourth-order valence-electron chi connectivity index (χ4n) is 0.407. The molecule has 0 saturated heterocycles. The monoisotopic (exact) mass is 112 g/mol. The molecular formula is C7H12O. The van der Waals surface area contributed by atoms with Gasteiger partial charge in [0.2, 0.25) is 0 Å². The standard InChI is InChI=1S/C7H12O/c1-4-6(2)7(3)5-8/h6H,4H2,1-3H3. The third-order valence-corrected chi connectivity index (χ3v) is 1.51. The Morgan fingerprint density at radius 1 is 1.75 bits per heavy atom. The zero-order chi connectivity index (χ0) is 6.57. The van der Waals surface area contributed by atoms with Gasteiger partial charge < -0.3 is 0 Å². The quantitative estimate of drug-likeness (QED) is 0.498. The topological polar surface area (TPSA) is 17.1 Å². The second-order valence-corrected chi connectivity index (χ2v) is 2.09. The summed E-state index contributed by atoms with van der Waals surface area (Å²) in [5.74, 6) is 2.29. The van der Waals surface area contributed by atoms with Gasteiger partial charge in [-0.15, -0.1) is 0 Å². The summed E-state index contributed by atoms with van der Waals surface area (Å²) in [6.45, 7) is 5.91. The molecule has 0 aliphatic carbocycles. The molecule has 0 fully saturated rings. The third kappa shape index (κ3) is 1.94. The molecule has 1 atom stereocenters. The van der Waals surface area contributed by atoms with Crippen molar-refractivity contribution in [1.29, 1.82) is 0 Å². The first kappa shape index (κ1) is 7.45. The number of allylic oxidation sites excluding steroid dienone is 1. The molecule has 0 N–H and O–H groups in total. The largest absolute Gasteiger partial charge is 0.234 e. The summed E-state index contributed by atoms with van der Waals surface area (Å²) in [7, 11) is 0. The molecule has 0 rings (SSSR count). The first-order chi connectivity index (χ1) is 3.72. The van der Waals surface area contributed by atoms with E-state index in [4.69, 9.17) is 0 Å². The summed E-state index contributed by atoms with van der Waals surface area (Å²) in [6.07, 6.45) is 1.03. The molecule has 8 heavy (non-hydrogen) atoms. The van der Waals surface area contributed by atoms with Gasteiger partial charge in [0.25, 0.3) is 0 Å². The molecule has 0 bridgehead atoms. The van der Waals surface area contributed by atoms with Crippen molar-refractivity contribution in [2.45, 2.75) is 27.2 Å². The Morgan fingerprint density at radius 2 is 2.25 bits per heavy atom. The van der Waals surface area contributed by atoms with Crippen molar-refractivity contribution in [2.24, 2.45) is 5.92 Å². The lowest BCUT2D eigenvalue weighted by Crippen LogP contribution is -1.92. The van der Waals surface area contributed by atoms with Crippen LogP contribution < -0.4 is 0 Å². The predicted molar refractivity (Wildman–Crippen MR) is 34.3 cm³/mol. The highest BCUT2D eigenvalue weighted by Gasteiger charge is 1.99. The van der Waals surface area contributed by atoms with Gasteiger partial charge in [0.15, 0.2) is 0 Å². The minimum atomic E-state index is 0.410. The van der Waals surface area contributed by atoms with Crippen LogP contribution >= 0.6 is 0 Å². The molecule has 0 aromatic carbocycles. The van der Waals surface area contributed by atoms with Crippen LogP contribution in [0.4, 0.5) is 0 Å². The molecule has 46 valence electrons. The van der Waals surface area contributed by atoms with Crippen molar-refractivity contribution in [3.8, 4) is 0 Å². The number of hydrogen-bond acceptors (Lipinski definition) is 1. The lowest BCUT2D eigenvalue weighted by atomic mass is 10.0. The van der Waals surface area contributed by atoms with Gasteiger partial charge in [-0.1, -0.05) is 13.8 Å². The fraction of sp³-hybridized carbons (Fsp3) is 0.714. The van der Waals surface area contributed by atoms with Gasteiger partial charge >= 0.3 is 0 Å². The van der Waals surface area contributed by atoms with Crippen molar-refractivity contribution in [3.63, 3.8) is 0 Å². The van der Waals surface area contributed by atoms with Gasteiger partial charge in [-0.25, -0.2) is 4.79 Å². The lowest BCUT2D eigenvalue weighted by Gasteiger charge is -2.01. The minimum absolute atomic E-state index is 0.410. The second kappa shape index (κ2) is 3.45. The van der Waals surface area contributed by atoms with Gasteiger partial charge in [-0.3, -0.25) is 0 Å². The first-order valence-corrected chi connectivity index (χ1v) is 2.94. The Kier molecular flexibility index (Phi) is 3.21. The normalized spacial score (nSPS) is 12.4. The lowest BCUT2D eigenvalue weighted by molar-refractivity contribution is 0.559. The van der Waals surface area contributed by atoms with Crippen LogP contribution in [0.1, 0.15) is 27.2 Å². The smallest absolute Gasteiger partial charge is 0.123 e. The molecule has 0 aliphatic heterocycles. The van der Waals surface area contributed by atoms with Crippen molar-refractivity contribution >= 4 is 5.94 Å². The van der Waals surface area contributed by atoms with Gasteiger partial charge in [-0.2, -0.15) is 0 Å². The van der Waals surface area contributed by atoms with Crippen molar-refractivity contribution in [3.05, 3.63) is 5.57 Å². The third-order valence-electron chi connectivity index (χ3n) is 1.51. The van der Waals surface area contributed by atoms with Crippen LogP contribution in [0.25, 0.3) is 0 Å². The average molecular weight is 112 g/mol. The summed E-state index contributed by atoms with van der Waals surface area (Å²) in [5, 5.41) is 0. The van der Waals surface area contributed by atoms with Crippen LogP contribution in [-0.2, 0) is 4.79 Å². The van der Waals surface area contributed by atoms with Crippen molar-refractivity contribution in [1.82, 2.24) is 0 Å². The molecule has 1 nitrogen and oxygen atoms in total. The molecule has 0 aromatic rings. The Labute approximate surface area is 50.4 Å². The Hall–Kier alpha value is -0.550. The highest BCUT2D eigenvalue weighted by atomic mass is 16.1. The van der Waals surface area contributed by atoms with Gasteiger partial charge in [0.1, 0.15) is 5.94 Å². The maximum Gasteiger partial charge on any atom is 0.123 e.